The van der Waals surface area contributed by atoms with Crippen molar-refractivity contribution in [3.63, 3.8) is 0 Å². The van der Waals surface area contributed by atoms with Gasteiger partial charge in [0.25, 0.3) is 5.91 Å². The molecular formula is C33H31N3O2S. The zero-order chi connectivity index (χ0) is 26.6. The molecule has 3 aromatic carbocycles. The predicted octanol–water partition coefficient (Wildman–Crippen LogP) is 7.11. The minimum absolute atomic E-state index is 0.0113. The maximum Gasteiger partial charge on any atom is 0.251 e. The number of thiazole rings is 1. The number of hydrogen-bond donors (Lipinski definition) is 2. The van der Waals surface area contributed by atoms with Crippen LogP contribution in [0.5, 0.6) is 0 Å². The minimum Gasteiger partial charge on any atom is -0.349 e. The fraction of sp³-hybridized carbons (Fsp3) is 0.303. The second kappa shape index (κ2) is 9.45. The maximum absolute atomic E-state index is 13.9. The number of nitrogens with zero attached hydrogens (tertiary/aromatic N) is 1. The van der Waals surface area contributed by atoms with Crippen LogP contribution in [0.15, 0.2) is 78.2 Å². The van der Waals surface area contributed by atoms with Gasteiger partial charge in [-0.1, -0.05) is 73.5 Å². The molecule has 1 unspecified atom stereocenters. The van der Waals surface area contributed by atoms with Crippen LogP contribution in [0.3, 0.4) is 0 Å². The van der Waals surface area contributed by atoms with Crippen LogP contribution in [0.4, 0.5) is 5.13 Å². The Hall–Kier alpha value is -3.77. The molecule has 1 fully saturated rings. The fourth-order valence-corrected chi connectivity index (χ4v) is 7.74. The van der Waals surface area contributed by atoms with Gasteiger partial charge in [0.2, 0.25) is 5.91 Å². The van der Waals surface area contributed by atoms with E-state index in [2.05, 4.69) is 66.1 Å². The van der Waals surface area contributed by atoms with E-state index in [-0.39, 0.29) is 23.7 Å². The summed E-state index contributed by atoms with van der Waals surface area (Å²) >= 11 is 1.44. The van der Waals surface area contributed by atoms with Gasteiger partial charge in [-0.15, -0.1) is 11.3 Å². The highest BCUT2D eigenvalue weighted by Gasteiger charge is 2.54. The van der Waals surface area contributed by atoms with Crippen molar-refractivity contribution in [3.8, 4) is 11.3 Å². The van der Waals surface area contributed by atoms with E-state index in [1.54, 1.807) is 0 Å². The monoisotopic (exact) mass is 533 g/mol. The summed E-state index contributed by atoms with van der Waals surface area (Å²) in [5.74, 6) is 0.228. The van der Waals surface area contributed by atoms with Gasteiger partial charge in [-0.05, 0) is 60.6 Å². The van der Waals surface area contributed by atoms with Gasteiger partial charge in [0.15, 0.2) is 5.13 Å². The molecule has 0 spiro atoms. The fourth-order valence-electron chi connectivity index (χ4n) is 7.02. The number of aromatic nitrogens is 1. The molecule has 4 aliphatic carbocycles. The number of benzene rings is 3. The third-order valence-electron chi connectivity index (χ3n) is 9.01. The summed E-state index contributed by atoms with van der Waals surface area (Å²) in [5, 5.41) is 8.86. The Balaban J connectivity index is 1.10. The highest BCUT2D eigenvalue weighted by molar-refractivity contribution is 7.14. The van der Waals surface area contributed by atoms with Gasteiger partial charge in [-0.2, -0.15) is 0 Å². The Labute approximate surface area is 232 Å². The Morgan fingerprint density at radius 2 is 1.49 bits per heavy atom. The van der Waals surface area contributed by atoms with Gasteiger partial charge >= 0.3 is 0 Å². The number of hydrogen-bond acceptors (Lipinski definition) is 4. The summed E-state index contributed by atoms with van der Waals surface area (Å²) in [5.41, 5.74) is 7.04. The Bertz CT molecular complexity index is 1520. The number of rotatable bonds is 5. The van der Waals surface area contributed by atoms with Crippen LogP contribution in [-0.4, -0.2) is 22.8 Å². The summed E-state index contributed by atoms with van der Waals surface area (Å²) < 4.78 is 0. The minimum atomic E-state index is -0.576. The van der Waals surface area contributed by atoms with E-state index in [1.807, 2.05) is 29.6 Å². The van der Waals surface area contributed by atoms with Crippen molar-refractivity contribution in [1.82, 2.24) is 10.3 Å². The third kappa shape index (κ3) is 4.09. The SMILES string of the molecule is CC1(C(=O)Nc2nc(-c3ccc(C(=O)NC4CCCC4)cc3)cs2)CC2c3ccccc3C1c1ccccc12. The molecule has 5 nitrogen and oxygen atoms in total. The molecule has 6 heteroatoms. The molecule has 2 bridgehead atoms. The van der Waals surface area contributed by atoms with Gasteiger partial charge in [-0.3, -0.25) is 9.59 Å². The first kappa shape index (κ1) is 24.3. The first-order valence-electron chi connectivity index (χ1n) is 13.9. The molecule has 1 saturated carbocycles. The molecule has 196 valence electrons. The van der Waals surface area contributed by atoms with E-state index in [0.29, 0.717) is 16.7 Å². The standard InChI is InChI=1S/C33H31N3O2S/c1-33(18-27-23-10-4-6-12-25(23)29(33)26-13-7-5-11-24(26)27)31(38)36-32-35-28(19-39-32)20-14-16-21(17-15-20)30(37)34-22-8-2-3-9-22/h4-7,10-17,19,22,27,29H,2-3,8-9,18H2,1H3,(H,34,37)(H,35,36,38). The van der Waals surface area contributed by atoms with Gasteiger partial charge in [-0.25, -0.2) is 4.98 Å². The number of fused-ring (bicyclic) bond motifs is 1. The molecule has 1 atom stereocenters. The third-order valence-corrected chi connectivity index (χ3v) is 9.76. The highest BCUT2D eigenvalue weighted by atomic mass is 32.1. The van der Waals surface area contributed by atoms with E-state index in [9.17, 15) is 9.59 Å². The lowest BCUT2D eigenvalue weighted by molar-refractivity contribution is -0.126. The van der Waals surface area contributed by atoms with Crippen LogP contribution in [0.25, 0.3) is 11.3 Å². The first-order valence-corrected chi connectivity index (χ1v) is 14.8. The van der Waals surface area contributed by atoms with E-state index < -0.39 is 5.41 Å². The highest BCUT2D eigenvalue weighted by Crippen LogP contribution is 2.61. The van der Waals surface area contributed by atoms with Crippen LogP contribution in [0.1, 0.15) is 83.5 Å². The number of carbonyl (C=O) groups is 2. The molecule has 4 aliphatic rings. The Kier molecular flexibility index (Phi) is 5.89. The summed E-state index contributed by atoms with van der Waals surface area (Å²) in [4.78, 5) is 31.2. The maximum atomic E-state index is 13.9. The summed E-state index contributed by atoms with van der Waals surface area (Å²) in [6.07, 6.45) is 5.29. The number of carbonyl (C=O) groups excluding carboxylic acids is 2. The topological polar surface area (TPSA) is 71.1 Å². The van der Waals surface area contributed by atoms with Crippen LogP contribution in [0, 0.1) is 5.41 Å². The molecule has 1 aromatic heterocycles. The zero-order valence-electron chi connectivity index (χ0n) is 21.9. The summed E-state index contributed by atoms with van der Waals surface area (Å²) in [6.45, 7) is 2.11. The summed E-state index contributed by atoms with van der Waals surface area (Å²) in [6, 6.07) is 25.0. The molecule has 2 N–H and O–H groups in total. The van der Waals surface area contributed by atoms with Crippen LogP contribution in [-0.2, 0) is 4.79 Å². The van der Waals surface area contributed by atoms with Crippen molar-refractivity contribution in [2.75, 3.05) is 5.32 Å². The van der Waals surface area contributed by atoms with Gasteiger partial charge < -0.3 is 10.6 Å². The average molecular weight is 534 g/mol. The molecule has 0 radical (unpaired) electrons. The zero-order valence-corrected chi connectivity index (χ0v) is 22.8. The van der Waals surface area contributed by atoms with Crippen molar-refractivity contribution in [1.29, 1.82) is 0 Å². The predicted molar refractivity (Wildman–Crippen MR) is 155 cm³/mol. The molecule has 0 aliphatic heterocycles. The van der Waals surface area contributed by atoms with Crippen LogP contribution >= 0.6 is 11.3 Å². The van der Waals surface area contributed by atoms with Gasteiger partial charge in [0.05, 0.1) is 11.1 Å². The molecule has 4 aromatic rings. The molecule has 1 heterocycles. The van der Waals surface area contributed by atoms with Crippen LogP contribution in [0.2, 0.25) is 0 Å². The quantitative estimate of drug-likeness (QED) is 0.287. The van der Waals surface area contributed by atoms with E-state index in [1.165, 1.54) is 46.4 Å². The van der Waals surface area contributed by atoms with Crippen molar-refractivity contribution >= 4 is 28.3 Å². The Morgan fingerprint density at radius 1 is 0.872 bits per heavy atom. The van der Waals surface area contributed by atoms with E-state index in [4.69, 9.17) is 4.98 Å². The smallest absolute Gasteiger partial charge is 0.251 e. The second-order valence-electron chi connectivity index (χ2n) is 11.4. The van der Waals surface area contributed by atoms with Crippen molar-refractivity contribution < 1.29 is 9.59 Å². The first-order chi connectivity index (χ1) is 19.0. The lowest BCUT2D eigenvalue weighted by atomic mass is 9.52. The lowest BCUT2D eigenvalue weighted by Gasteiger charge is -2.50. The largest absolute Gasteiger partial charge is 0.349 e. The second-order valence-corrected chi connectivity index (χ2v) is 12.2. The van der Waals surface area contributed by atoms with E-state index in [0.717, 1.165) is 30.5 Å². The molecule has 39 heavy (non-hydrogen) atoms. The lowest BCUT2D eigenvalue weighted by Crippen LogP contribution is -2.47. The van der Waals surface area contributed by atoms with Crippen molar-refractivity contribution in [2.24, 2.45) is 5.41 Å². The molecule has 8 rings (SSSR count). The van der Waals surface area contributed by atoms with Gasteiger partial charge in [0, 0.05) is 34.4 Å². The van der Waals surface area contributed by atoms with E-state index >= 15 is 0 Å². The molecule has 0 saturated heterocycles. The van der Waals surface area contributed by atoms with Gasteiger partial charge in [0.1, 0.15) is 0 Å². The number of nitrogens with one attached hydrogen (secondary N) is 2. The van der Waals surface area contributed by atoms with Crippen molar-refractivity contribution in [2.45, 2.75) is 56.9 Å². The Morgan fingerprint density at radius 3 is 2.13 bits per heavy atom. The molecular weight excluding hydrogens is 502 g/mol. The summed E-state index contributed by atoms with van der Waals surface area (Å²) in [7, 11) is 0. The normalized spacial score (nSPS) is 23.2. The van der Waals surface area contributed by atoms with Crippen LogP contribution < -0.4 is 10.6 Å². The number of anilines is 1. The average Bonchev–Trinajstić information content (AvgIpc) is 3.66. The molecule has 2 amide bonds. The number of amides is 2. The van der Waals surface area contributed by atoms with Crippen molar-refractivity contribution in [3.05, 3.63) is 106 Å².